The molecule has 0 saturated carbocycles. The molecule has 92 valence electrons. The van der Waals surface area contributed by atoms with E-state index < -0.39 is 4.92 Å². The monoisotopic (exact) mass is 308 g/mol. The van der Waals surface area contributed by atoms with Crippen LogP contribution in [0, 0.1) is 10.1 Å². The molecule has 0 atom stereocenters. The zero-order valence-electron chi connectivity index (χ0n) is 9.25. The van der Waals surface area contributed by atoms with Crippen molar-refractivity contribution in [2.24, 2.45) is 0 Å². The summed E-state index contributed by atoms with van der Waals surface area (Å²) in [4.78, 5) is 14.4. The molecule has 1 heterocycles. The lowest BCUT2D eigenvalue weighted by molar-refractivity contribution is -0.385. The van der Waals surface area contributed by atoms with Gasteiger partial charge in [-0.25, -0.2) is 4.98 Å². The van der Waals surface area contributed by atoms with Crippen molar-refractivity contribution in [1.29, 1.82) is 0 Å². The van der Waals surface area contributed by atoms with Crippen molar-refractivity contribution in [3.05, 3.63) is 62.9 Å². The Morgan fingerprint density at radius 1 is 1.28 bits per heavy atom. The van der Waals surface area contributed by atoms with Crippen LogP contribution in [0.3, 0.4) is 0 Å². The molecule has 0 aliphatic heterocycles. The largest absolute Gasteiger partial charge is 0.486 e. The van der Waals surface area contributed by atoms with Gasteiger partial charge in [-0.2, -0.15) is 0 Å². The van der Waals surface area contributed by atoms with Crippen molar-refractivity contribution >= 4 is 21.6 Å². The zero-order valence-corrected chi connectivity index (χ0v) is 10.8. The Morgan fingerprint density at radius 3 is 2.78 bits per heavy atom. The third-order valence-electron chi connectivity index (χ3n) is 2.30. The van der Waals surface area contributed by atoms with E-state index in [1.54, 1.807) is 36.5 Å². The molecule has 0 spiro atoms. The maximum atomic E-state index is 10.8. The number of aromatic nitrogens is 1. The molecule has 0 bridgehead atoms. The van der Waals surface area contributed by atoms with Gasteiger partial charge in [-0.05, 0) is 34.1 Å². The second-order valence-corrected chi connectivity index (χ2v) is 4.22. The van der Waals surface area contributed by atoms with E-state index >= 15 is 0 Å². The lowest BCUT2D eigenvalue weighted by Gasteiger charge is -2.07. The first kappa shape index (κ1) is 12.5. The van der Waals surface area contributed by atoms with Crippen molar-refractivity contribution in [3.63, 3.8) is 0 Å². The van der Waals surface area contributed by atoms with Gasteiger partial charge in [-0.15, -0.1) is 0 Å². The smallest absolute Gasteiger partial charge is 0.276 e. The van der Waals surface area contributed by atoms with E-state index in [0.717, 1.165) is 0 Å². The first-order valence-electron chi connectivity index (χ1n) is 5.14. The number of nitro groups is 1. The third-order valence-corrected chi connectivity index (χ3v) is 2.89. The minimum absolute atomic E-state index is 0.0533. The van der Waals surface area contributed by atoms with Crippen molar-refractivity contribution in [2.75, 3.05) is 0 Å². The van der Waals surface area contributed by atoms with Gasteiger partial charge in [-0.1, -0.05) is 12.1 Å². The van der Waals surface area contributed by atoms with Crippen LogP contribution in [0.4, 0.5) is 5.69 Å². The molecule has 0 N–H and O–H groups in total. The summed E-state index contributed by atoms with van der Waals surface area (Å²) in [5, 5.41) is 10.8. The quantitative estimate of drug-likeness (QED) is 0.493. The molecule has 0 aliphatic rings. The van der Waals surface area contributed by atoms with E-state index in [2.05, 4.69) is 20.9 Å². The summed E-state index contributed by atoms with van der Waals surface area (Å²) in [6.07, 6.45) is 1.63. The first-order chi connectivity index (χ1) is 8.68. The Hall–Kier alpha value is -1.95. The normalized spacial score (nSPS) is 10.1. The zero-order chi connectivity index (χ0) is 13.0. The second-order valence-electron chi connectivity index (χ2n) is 3.47. The van der Waals surface area contributed by atoms with Crippen LogP contribution in [0.25, 0.3) is 0 Å². The van der Waals surface area contributed by atoms with E-state index in [0.29, 0.717) is 15.9 Å². The molecule has 18 heavy (non-hydrogen) atoms. The number of para-hydroxylation sites is 1. The molecule has 0 aliphatic carbocycles. The molecule has 0 fully saturated rings. The number of halogens is 1. The van der Waals surface area contributed by atoms with Gasteiger partial charge < -0.3 is 4.74 Å². The van der Waals surface area contributed by atoms with E-state index in [-0.39, 0.29) is 12.3 Å². The average molecular weight is 309 g/mol. The number of ether oxygens (including phenoxy) is 1. The number of nitrogens with zero attached hydrogens (tertiary/aromatic N) is 2. The lowest BCUT2D eigenvalue weighted by atomic mass is 10.2. The number of benzene rings is 1. The summed E-state index contributed by atoms with van der Waals surface area (Å²) in [7, 11) is 0. The summed E-state index contributed by atoms with van der Waals surface area (Å²) >= 11 is 3.25. The lowest BCUT2D eigenvalue weighted by Crippen LogP contribution is -2.01. The Bertz CT molecular complexity index is 575. The third kappa shape index (κ3) is 2.84. The maximum Gasteiger partial charge on any atom is 0.276 e. The van der Waals surface area contributed by atoms with Gasteiger partial charge in [0.05, 0.1) is 10.5 Å². The highest BCUT2D eigenvalue weighted by atomic mass is 79.9. The van der Waals surface area contributed by atoms with Crippen LogP contribution in [0.2, 0.25) is 0 Å². The topological polar surface area (TPSA) is 65.3 Å². The fraction of sp³-hybridized carbons (Fsp3) is 0.0833. The number of hydrogen-bond donors (Lipinski definition) is 0. The number of hydrogen-bond acceptors (Lipinski definition) is 4. The minimum Gasteiger partial charge on any atom is -0.486 e. The molecule has 2 aromatic rings. The molecule has 1 aromatic carbocycles. The molecule has 1 aromatic heterocycles. The van der Waals surface area contributed by atoms with Gasteiger partial charge in [-0.3, -0.25) is 10.1 Å². The van der Waals surface area contributed by atoms with Crippen molar-refractivity contribution in [1.82, 2.24) is 4.98 Å². The van der Waals surface area contributed by atoms with Crippen LogP contribution < -0.4 is 4.74 Å². The van der Waals surface area contributed by atoms with Crippen LogP contribution in [-0.2, 0) is 6.61 Å². The van der Waals surface area contributed by atoms with Crippen LogP contribution >= 0.6 is 15.9 Å². The van der Waals surface area contributed by atoms with Gasteiger partial charge in [0.2, 0.25) is 0 Å². The second kappa shape index (κ2) is 5.59. The van der Waals surface area contributed by atoms with Gasteiger partial charge in [0.25, 0.3) is 5.69 Å². The molecule has 5 nitrogen and oxygen atoms in total. The number of pyridine rings is 1. The molecule has 0 saturated heterocycles. The van der Waals surface area contributed by atoms with Crippen LogP contribution in [0.15, 0.2) is 47.2 Å². The highest BCUT2D eigenvalue weighted by Gasteiger charge is 2.13. The predicted molar refractivity (Wildman–Crippen MR) is 69.4 cm³/mol. The van der Waals surface area contributed by atoms with Crippen LogP contribution in [0.1, 0.15) is 5.56 Å². The standard InChI is InChI=1S/C12H9BrN2O3/c13-12-11(6-3-7-14-12)18-8-9-4-1-2-5-10(9)15(16)17/h1-7H,8H2. The average Bonchev–Trinajstić information content (AvgIpc) is 2.38. The molecule has 0 unspecified atom stereocenters. The van der Waals surface area contributed by atoms with E-state index in [9.17, 15) is 10.1 Å². The van der Waals surface area contributed by atoms with E-state index in [1.807, 2.05) is 0 Å². The highest BCUT2D eigenvalue weighted by Crippen LogP contribution is 2.24. The van der Waals surface area contributed by atoms with Crippen LogP contribution in [0.5, 0.6) is 5.75 Å². The van der Waals surface area contributed by atoms with Gasteiger partial charge in [0, 0.05) is 12.3 Å². The van der Waals surface area contributed by atoms with Crippen molar-refractivity contribution in [3.8, 4) is 5.75 Å². The fourth-order valence-corrected chi connectivity index (χ4v) is 1.81. The molecule has 6 heteroatoms. The van der Waals surface area contributed by atoms with Crippen molar-refractivity contribution in [2.45, 2.75) is 6.61 Å². The predicted octanol–water partition coefficient (Wildman–Crippen LogP) is 3.33. The summed E-state index contributed by atoms with van der Waals surface area (Å²) < 4.78 is 6.07. The van der Waals surface area contributed by atoms with E-state index in [4.69, 9.17) is 4.74 Å². The fourth-order valence-electron chi connectivity index (χ4n) is 1.45. The Morgan fingerprint density at radius 2 is 2.06 bits per heavy atom. The highest BCUT2D eigenvalue weighted by molar-refractivity contribution is 9.10. The first-order valence-corrected chi connectivity index (χ1v) is 5.93. The van der Waals surface area contributed by atoms with Gasteiger partial charge >= 0.3 is 0 Å². The SMILES string of the molecule is O=[N+]([O-])c1ccccc1COc1cccnc1Br. The number of nitro benzene ring substituents is 1. The molecule has 0 amide bonds. The molecule has 0 radical (unpaired) electrons. The van der Waals surface area contributed by atoms with Gasteiger partial charge in [0.15, 0.2) is 5.75 Å². The van der Waals surface area contributed by atoms with Crippen molar-refractivity contribution < 1.29 is 9.66 Å². The molecular formula is C12H9BrN2O3. The minimum atomic E-state index is -0.420. The Kier molecular flexibility index (Phi) is 3.88. The van der Waals surface area contributed by atoms with Gasteiger partial charge in [0.1, 0.15) is 11.2 Å². The summed E-state index contributed by atoms with van der Waals surface area (Å²) in [6.45, 7) is 0.126. The van der Waals surface area contributed by atoms with E-state index in [1.165, 1.54) is 6.07 Å². The summed E-state index contributed by atoms with van der Waals surface area (Å²) in [5.74, 6) is 0.552. The summed E-state index contributed by atoms with van der Waals surface area (Å²) in [5.41, 5.74) is 0.579. The summed E-state index contributed by atoms with van der Waals surface area (Å²) in [6, 6.07) is 9.97. The Labute approximate surface area is 112 Å². The molecule has 2 rings (SSSR count). The Balaban J connectivity index is 2.16. The van der Waals surface area contributed by atoms with Crippen LogP contribution in [-0.4, -0.2) is 9.91 Å². The number of rotatable bonds is 4. The molecular weight excluding hydrogens is 300 g/mol. The maximum absolute atomic E-state index is 10.8.